The highest BCUT2D eigenvalue weighted by molar-refractivity contribution is 6.36. The average molecular weight is 743 g/mol. The molecule has 3 aliphatic heterocycles. The fraction of sp³-hybridized carbons (Fsp3) is 0.525. The Balaban J connectivity index is 1.19. The SMILES string of the molecule is [C-]#[N+]C[C@H]1CN(c2nc(OC[C@@H]3CCCN3CCCCNC(=O)OC(C)(C)C)nc3c2CCN(c2cccc4cccc(Cl)c24)C3)CCN1C(=O)C=C. The van der Waals surface area contributed by atoms with Crippen LogP contribution in [0.25, 0.3) is 15.6 Å². The molecule has 6 rings (SSSR count). The highest BCUT2D eigenvalue weighted by Gasteiger charge is 2.35. The first-order valence-electron chi connectivity index (χ1n) is 18.7. The molecule has 0 spiro atoms. The van der Waals surface area contributed by atoms with Gasteiger partial charge in [-0.3, -0.25) is 9.69 Å². The maximum Gasteiger partial charge on any atom is 0.407 e. The summed E-state index contributed by atoms with van der Waals surface area (Å²) in [5.74, 6) is 0.666. The van der Waals surface area contributed by atoms with Crippen LogP contribution in [-0.4, -0.2) is 108 Å². The van der Waals surface area contributed by atoms with E-state index >= 15 is 0 Å². The zero-order chi connectivity index (χ0) is 37.5. The van der Waals surface area contributed by atoms with Crippen LogP contribution in [0.3, 0.4) is 0 Å². The smallest absolute Gasteiger partial charge is 0.407 e. The average Bonchev–Trinajstić information content (AvgIpc) is 3.59. The lowest BCUT2D eigenvalue weighted by atomic mass is 10.0. The number of ether oxygens (including phenoxy) is 2. The Morgan fingerprint density at radius 3 is 2.66 bits per heavy atom. The van der Waals surface area contributed by atoms with Crippen LogP contribution in [-0.2, 0) is 22.5 Å². The molecule has 2 aromatic carbocycles. The molecule has 0 radical (unpaired) electrons. The normalized spacial score (nSPS) is 19.1. The first-order valence-corrected chi connectivity index (χ1v) is 19.1. The molecular weight excluding hydrogens is 692 g/mol. The highest BCUT2D eigenvalue weighted by atomic mass is 35.5. The van der Waals surface area contributed by atoms with Gasteiger partial charge in [-0.05, 0) is 89.6 Å². The number of rotatable bonds is 12. The Hall–Kier alpha value is -4.60. The van der Waals surface area contributed by atoms with Crippen LogP contribution in [0.15, 0.2) is 49.1 Å². The minimum atomic E-state index is -0.512. The van der Waals surface area contributed by atoms with Crippen LogP contribution >= 0.6 is 11.6 Å². The molecule has 282 valence electrons. The quantitative estimate of drug-likeness (QED) is 0.134. The van der Waals surface area contributed by atoms with E-state index < -0.39 is 5.60 Å². The summed E-state index contributed by atoms with van der Waals surface area (Å²) in [4.78, 5) is 47.2. The van der Waals surface area contributed by atoms with Crippen molar-refractivity contribution in [3.63, 3.8) is 0 Å². The molecule has 2 atom stereocenters. The summed E-state index contributed by atoms with van der Waals surface area (Å²) in [6.45, 7) is 22.9. The molecule has 12 nitrogen and oxygen atoms in total. The largest absolute Gasteiger partial charge is 0.462 e. The standard InChI is InChI=1S/C40H51ClN8O4/c1-6-35(50)49-23-22-48(25-30(49)24-42-5)37-31-17-21-47(34-16-10-13-28-12-9-15-32(41)36(28)34)26-33(31)44-38(45-37)52-27-29-14-11-20-46(29)19-8-7-18-43-39(51)53-40(2,3)4/h6,9-10,12-13,15-16,29-30H,1,7-8,11,14,17-27H2,2-4H3,(H,43,51)/t29-,30-/m0/s1. The van der Waals surface area contributed by atoms with Gasteiger partial charge in [0.05, 0.1) is 17.3 Å². The second-order valence-corrected chi connectivity index (χ2v) is 15.4. The Labute approximate surface area is 317 Å². The predicted molar refractivity (Wildman–Crippen MR) is 209 cm³/mol. The zero-order valence-electron chi connectivity index (χ0n) is 31.2. The number of likely N-dealkylation sites (tertiary alicyclic amines) is 1. The number of aromatic nitrogens is 2. The molecule has 3 aliphatic rings. The maximum absolute atomic E-state index is 12.7. The Morgan fingerprint density at radius 2 is 1.89 bits per heavy atom. The summed E-state index contributed by atoms with van der Waals surface area (Å²) in [7, 11) is 0. The molecule has 0 bridgehead atoms. The van der Waals surface area contributed by atoms with Crippen molar-refractivity contribution >= 4 is 45.9 Å². The number of hydrogen-bond acceptors (Lipinski definition) is 9. The van der Waals surface area contributed by atoms with Crippen molar-refractivity contribution in [1.29, 1.82) is 0 Å². The number of carbonyl (C=O) groups is 2. The summed E-state index contributed by atoms with van der Waals surface area (Å²) in [6, 6.07) is 12.6. The summed E-state index contributed by atoms with van der Waals surface area (Å²) in [5.41, 5.74) is 2.54. The van der Waals surface area contributed by atoms with Gasteiger partial charge in [0.15, 0.2) is 0 Å². The first kappa shape index (κ1) is 38.1. The molecule has 13 heteroatoms. The second-order valence-electron chi connectivity index (χ2n) is 15.0. The number of fused-ring (bicyclic) bond motifs is 2. The number of alkyl carbamates (subject to hydrolysis) is 1. The van der Waals surface area contributed by atoms with E-state index in [4.69, 9.17) is 37.6 Å². The summed E-state index contributed by atoms with van der Waals surface area (Å²) < 4.78 is 11.8. The molecular formula is C40H51ClN8O4. The van der Waals surface area contributed by atoms with Crippen LogP contribution in [0.4, 0.5) is 16.3 Å². The first-order chi connectivity index (χ1) is 25.5. The van der Waals surface area contributed by atoms with Crippen molar-refractivity contribution in [2.75, 3.05) is 68.8 Å². The molecule has 1 aromatic heterocycles. The number of hydrogen-bond donors (Lipinski definition) is 1. The lowest BCUT2D eigenvalue weighted by Crippen LogP contribution is -2.56. The number of nitrogens with one attached hydrogen (secondary N) is 1. The Bertz CT molecular complexity index is 1840. The lowest BCUT2D eigenvalue weighted by molar-refractivity contribution is -0.128. The molecule has 2 saturated heterocycles. The molecule has 2 fully saturated rings. The van der Waals surface area contributed by atoms with Crippen molar-refractivity contribution in [1.82, 2.24) is 25.1 Å². The van der Waals surface area contributed by atoms with Crippen LogP contribution in [0.2, 0.25) is 5.02 Å². The minimum Gasteiger partial charge on any atom is -0.462 e. The maximum atomic E-state index is 12.7. The number of piperazine rings is 1. The fourth-order valence-electron chi connectivity index (χ4n) is 7.67. The van der Waals surface area contributed by atoms with Gasteiger partial charge in [-0.2, -0.15) is 9.97 Å². The van der Waals surface area contributed by atoms with Crippen LogP contribution in [0.5, 0.6) is 6.01 Å². The molecule has 0 aliphatic carbocycles. The van der Waals surface area contributed by atoms with Gasteiger partial charge in [0, 0.05) is 55.4 Å². The van der Waals surface area contributed by atoms with Gasteiger partial charge in [-0.15, -0.1) is 0 Å². The third kappa shape index (κ3) is 9.32. The van der Waals surface area contributed by atoms with Gasteiger partial charge in [-0.25, -0.2) is 11.4 Å². The van der Waals surface area contributed by atoms with Gasteiger partial charge >= 0.3 is 12.1 Å². The van der Waals surface area contributed by atoms with E-state index in [1.807, 2.05) is 32.9 Å². The van der Waals surface area contributed by atoms with Crippen molar-refractivity contribution in [3.05, 3.63) is 76.8 Å². The Morgan fingerprint density at radius 1 is 1.08 bits per heavy atom. The molecule has 53 heavy (non-hydrogen) atoms. The van der Waals surface area contributed by atoms with Crippen molar-refractivity contribution < 1.29 is 19.1 Å². The number of carbonyl (C=O) groups excluding carboxylic acids is 2. The van der Waals surface area contributed by atoms with Gasteiger partial charge < -0.3 is 34.3 Å². The predicted octanol–water partition coefficient (Wildman–Crippen LogP) is 6.12. The number of nitrogens with zero attached hydrogens (tertiary/aromatic N) is 7. The van der Waals surface area contributed by atoms with Crippen molar-refractivity contribution in [3.8, 4) is 6.01 Å². The molecule has 4 heterocycles. The number of anilines is 2. The van der Waals surface area contributed by atoms with Gasteiger partial charge in [0.1, 0.15) is 24.1 Å². The highest BCUT2D eigenvalue weighted by Crippen LogP contribution is 2.37. The van der Waals surface area contributed by atoms with Crippen LogP contribution in [0, 0.1) is 6.57 Å². The summed E-state index contributed by atoms with van der Waals surface area (Å²) in [5, 5.41) is 5.68. The van der Waals surface area contributed by atoms with Gasteiger partial charge in [0.2, 0.25) is 12.5 Å². The molecule has 1 N–H and O–H groups in total. The second kappa shape index (κ2) is 17.0. The number of unbranched alkanes of at least 4 members (excludes halogenated alkanes) is 1. The molecule has 3 aromatic rings. The third-order valence-corrected chi connectivity index (χ3v) is 10.5. The van der Waals surface area contributed by atoms with Crippen molar-refractivity contribution in [2.24, 2.45) is 0 Å². The van der Waals surface area contributed by atoms with E-state index in [0.29, 0.717) is 45.3 Å². The molecule has 2 amide bonds. The van der Waals surface area contributed by atoms with E-state index in [2.05, 4.69) is 55.7 Å². The van der Waals surface area contributed by atoms with E-state index in [1.165, 1.54) is 6.08 Å². The van der Waals surface area contributed by atoms with E-state index in [9.17, 15) is 9.59 Å². The van der Waals surface area contributed by atoms with Gasteiger partial charge in [-0.1, -0.05) is 42.4 Å². The molecule has 0 unspecified atom stereocenters. The fourth-order valence-corrected chi connectivity index (χ4v) is 7.95. The minimum absolute atomic E-state index is 0.156. The molecule has 0 saturated carbocycles. The van der Waals surface area contributed by atoms with Crippen LogP contribution < -0.4 is 19.9 Å². The van der Waals surface area contributed by atoms with Crippen LogP contribution in [0.1, 0.15) is 57.7 Å². The van der Waals surface area contributed by atoms with E-state index in [1.54, 1.807) is 4.90 Å². The lowest BCUT2D eigenvalue weighted by Gasteiger charge is -2.41. The van der Waals surface area contributed by atoms with E-state index in [-0.39, 0.29) is 30.6 Å². The summed E-state index contributed by atoms with van der Waals surface area (Å²) in [6.07, 6.45) is 5.61. The van der Waals surface area contributed by atoms with Gasteiger partial charge in [0.25, 0.3) is 0 Å². The van der Waals surface area contributed by atoms with Crippen molar-refractivity contribution in [2.45, 2.75) is 77.1 Å². The monoisotopic (exact) mass is 742 g/mol. The summed E-state index contributed by atoms with van der Waals surface area (Å²) >= 11 is 6.75. The topological polar surface area (TPSA) is 108 Å². The number of halogens is 1. The third-order valence-electron chi connectivity index (χ3n) is 10.2. The Kier molecular flexibility index (Phi) is 12.3. The number of amides is 2. The number of benzene rings is 2. The zero-order valence-corrected chi connectivity index (χ0v) is 31.9. The van der Waals surface area contributed by atoms with E-state index in [0.717, 1.165) is 90.3 Å².